The number of halogens is 1. The molecule has 56 heavy (non-hydrogen) atoms. The lowest BCUT2D eigenvalue weighted by Crippen LogP contribution is -2.60. The van der Waals surface area contributed by atoms with Crippen molar-refractivity contribution >= 4 is 29.4 Å². The van der Waals surface area contributed by atoms with Crippen molar-refractivity contribution in [2.75, 3.05) is 55.6 Å². The van der Waals surface area contributed by atoms with Crippen molar-refractivity contribution in [1.82, 2.24) is 25.3 Å². The van der Waals surface area contributed by atoms with Crippen molar-refractivity contribution in [3.05, 3.63) is 35.1 Å². The maximum atomic E-state index is 14.5. The molecule has 2 rings (SSSR count). The molecule has 4 amide bonds. The second-order valence-electron chi connectivity index (χ2n) is 16.7. The van der Waals surface area contributed by atoms with Gasteiger partial charge in [0.05, 0.1) is 54.8 Å². The lowest BCUT2D eigenvalue weighted by Gasteiger charge is -2.44. The van der Waals surface area contributed by atoms with Crippen molar-refractivity contribution in [2.45, 2.75) is 124 Å². The number of likely N-dealkylation sites (tertiary alicyclic amines) is 1. The van der Waals surface area contributed by atoms with E-state index < -0.39 is 53.5 Å². The van der Waals surface area contributed by atoms with E-state index in [0.29, 0.717) is 24.0 Å². The molecule has 2 N–H and O–H groups in total. The minimum Gasteiger partial charge on any atom is -0.380 e. The summed E-state index contributed by atoms with van der Waals surface area (Å²) in [5, 5.41) is 5.73. The molecular formula is C42H70FN5O8. The maximum Gasteiger partial charge on any atom is 0.245 e. The summed E-state index contributed by atoms with van der Waals surface area (Å²) in [5.41, 5.74) is -0.217. The summed E-state index contributed by atoms with van der Waals surface area (Å²) in [7, 11) is 9.97. The number of methoxy groups -OCH3 is 3. The Kier molecular flexibility index (Phi) is 18.6. The van der Waals surface area contributed by atoms with Gasteiger partial charge in [0, 0.05) is 46.9 Å². The van der Waals surface area contributed by atoms with Gasteiger partial charge in [-0.05, 0) is 69.5 Å². The highest BCUT2D eigenvalue weighted by Crippen LogP contribution is 2.39. The Bertz CT molecular complexity index is 1500. The van der Waals surface area contributed by atoms with Gasteiger partial charge in [0.1, 0.15) is 11.9 Å². The molecule has 1 aliphatic heterocycles. The van der Waals surface area contributed by atoms with E-state index in [1.807, 2.05) is 67.5 Å². The molecular weight excluding hydrogens is 721 g/mol. The van der Waals surface area contributed by atoms with Gasteiger partial charge in [0.2, 0.25) is 23.6 Å². The van der Waals surface area contributed by atoms with Crippen LogP contribution in [0, 0.1) is 36.4 Å². The summed E-state index contributed by atoms with van der Waals surface area (Å²) >= 11 is 0. The van der Waals surface area contributed by atoms with Crippen molar-refractivity contribution < 1.29 is 42.6 Å². The first-order valence-corrected chi connectivity index (χ1v) is 19.8. The number of nitrogens with one attached hydrogen (secondary N) is 2. The van der Waals surface area contributed by atoms with E-state index in [0.717, 1.165) is 0 Å². The molecule has 1 heterocycles. The summed E-state index contributed by atoms with van der Waals surface area (Å²) < 4.78 is 31.4. The highest BCUT2D eigenvalue weighted by molar-refractivity contribution is 6.00. The number of benzene rings is 1. The molecule has 1 aliphatic rings. The lowest BCUT2D eigenvalue weighted by atomic mass is 9.82. The summed E-state index contributed by atoms with van der Waals surface area (Å²) in [6.07, 6.45) is -0.857. The van der Waals surface area contributed by atoms with Crippen LogP contribution in [0.3, 0.4) is 0 Å². The molecule has 1 fully saturated rings. The monoisotopic (exact) mass is 792 g/mol. The number of carbonyl (C=O) groups excluding carboxylic acids is 5. The zero-order chi connectivity index (χ0) is 42.8. The molecule has 1 aromatic carbocycles. The van der Waals surface area contributed by atoms with Crippen LogP contribution in [0.5, 0.6) is 0 Å². The number of ether oxygens (including phenoxy) is 3. The zero-order valence-corrected chi connectivity index (χ0v) is 36.5. The molecule has 0 spiro atoms. The largest absolute Gasteiger partial charge is 0.380 e. The number of hydrogen-bond donors (Lipinski definition) is 2. The quantitative estimate of drug-likeness (QED) is 0.176. The fraction of sp³-hybridized carbons (Fsp3) is 0.738. The van der Waals surface area contributed by atoms with E-state index in [4.69, 9.17) is 14.2 Å². The highest BCUT2D eigenvalue weighted by Gasteiger charge is 2.53. The summed E-state index contributed by atoms with van der Waals surface area (Å²) in [6, 6.07) is 2.12. The van der Waals surface area contributed by atoms with Crippen LogP contribution in [0.15, 0.2) is 18.2 Å². The lowest BCUT2D eigenvalue weighted by molar-refractivity contribution is -0.152. The first-order chi connectivity index (χ1) is 26.1. The van der Waals surface area contributed by atoms with Crippen molar-refractivity contribution in [2.24, 2.45) is 23.7 Å². The van der Waals surface area contributed by atoms with Crippen LogP contribution in [-0.4, -0.2) is 142 Å². The molecule has 0 aromatic heterocycles. The number of rotatable bonds is 21. The van der Waals surface area contributed by atoms with E-state index in [-0.39, 0.29) is 66.9 Å². The number of aryl methyl sites for hydroxylation is 1. The van der Waals surface area contributed by atoms with Crippen LogP contribution in [0.4, 0.5) is 4.39 Å². The Labute approximate surface area is 334 Å². The number of nitrogens with zero attached hydrogens (tertiary/aromatic N) is 3. The van der Waals surface area contributed by atoms with E-state index in [2.05, 4.69) is 10.6 Å². The van der Waals surface area contributed by atoms with Gasteiger partial charge < -0.3 is 34.6 Å². The average Bonchev–Trinajstić information content (AvgIpc) is 3.48. The van der Waals surface area contributed by atoms with Crippen molar-refractivity contribution in [3.8, 4) is 0 Å². The minimum atomic E-state index is -1.00. The van der Waals surface area contributed by atoms with Gasteiger partial charge in [-0.25, -0.2) is 4.39 Å². The van der Waals surface area contributed by atoms with Gasteiger partial charge in [-0.3, -0.25) is 28.9 Å². The predicted octanol–water partition coefficient (Wildman–Crippen LogP) is 4.10. The Hall–Kier alpha value is -3.46. The molecule has 1 saturated heterocycles. The van der Waals surface area contributed by atoms with Gasteiger partial charge in [0.15, 0.2) is 5.78 Å². The highest BCUT2D eigenvalue weighted by atomic mass is 19.1. The van der Waals surface area contributed by atoms with Crippen LogP contribution in [-0.2, 0) is 33.4 Å². The summed E-state index contributed by atoms with van der Waals surface area (Å²) in [5.74, 6) is -3.08. The summed E-state index contributed by atoms with van der Waals surface area (Å²) in [4.78, 5) is 74.0. The molecule has 318 valence electrons. The Morgan fingerprint density at radius 1 is 0.964 bits per heavy atom. The normalized spacial score (nSPS) is 21.0. The van der Waals surface area contributed by atoms with Gasteiger partial charge in [-0.2, -0.15) is 0 Å². The number of amides is 4. The molecule has 9 atom stereocenters. The third-order valence-corrected chi connectivity index (χ3v) is 11.7. The Morgan fingerprint density at radius 2 is 1.59 bits per heavy atom. The molecule has 1 aromatic rings. The Balaban J connectivity index is 2.37. The first kappa shape index (κ1) is 48.7. The van der Waals surface area contributed by atoms with Crippen molar-refractivity contribution in [1.29, 1.82) is 0 Å². The second kappa shape index (κ2) is 21.3. The standard InChI is InChI=1S/C42H70FN5O8/c1-16-26(6)37(47(12)41(53)35(24(2)3)45-40(52)36(25(4)5)46(10)11)33(55-14)20-34(50)48-23-30(54-13)21-42(48,9)38(56-15)28(8)39(51)44-22-32(49)31-18-17-29(43)19-27(31)7/h17-19,24-26,28,30,33,35-38H,16,20-23H2,1-15H3,(H,44,51)(H,45,52)/t26?,28-,30-,33-,35+,36+,37+,38-,42+/m1/s1. The Morgan fingerprint density at radius 3 is 2.07 bits per heavy atom. The zero-order valence-electron chi connectivity index (χ0n) is 36.5. The molecule has 1 unspecified atom stereocenters. The van der Waals surface area contributed by atoms with Crippen LogP contribution in [0.2, 0.25) is 0 Å². The third kappa shape index (κ3) is 11.6. The molecule has 0 aliphatic carbocycles. The first-order valence-electron chi connectivity index (χ1n) is 19.8. The van der Waals surface area contributed by atoms with Crippen LogP contribution in [0.1, 0.15) is 90.6 Å². The number of hydrogen-bond acceptors (Lipinski definition) is 9. The van der Waals surface area contributed by atoms with Crippen LogP contribution in [0.25, 0.3) is 0 Å². The van der Waals surface area contributed by atoms with E-state index >= 15 is 0 Å². The molecule has 0 radical (unpaired) electrons. The van der Waals surface area contributed by atoms with Crippen LogP contribution < -0.4 is 10.6 Å². The molecule has 0 bridgehead atoms. The summed E-state index contributed by atoms with van der Waals surface area (Å²) in [6.45, 7) is 16.9. The topological polar surface area (TPSA) is 147 Å². The van der Waals surface area contributed by atoms with Crippen molar-refractivity contribution in [3.63, 3.8) is 0 Å². The van der Waals surface area contributed by atoms with Crippen LogP contribution >= 0.6 is 0 Å². The second-order valence-corrected chi connectivity index (χ2v) is 16.7. The SMILES string of the molecule is CCC(C)[C@@H]([C@@H](CC(=O)N1C[C@H](OC)C[C@@]1(C)[C@H](OC)[C@@H](C)C(=O)NCC(=O)c1ccc(F)cc1C)OC)N(C)C(=O)[C@@H](NC(=O)[C@H](C(C)C)N(C)C)C(C)C. The minimum absolute atomic E-state index is 0.0211. The maximum absolute atomic E-state index is 14.5. The van der Waals surface area contributed by atoms with E-state index in [9.17, 15) is 28.4 Å². The number of carbonyl (C=O) groups is 5. The predicted molar refractivity (Wildman–Crippen MR) is 214 cm³/mol. The molecule has 13 nitrogen and oxygen atoms in total. The fourth-order valence-electron chi connectivity index (χ4n) is 8.48. The fourth-order valence-corrected chi connectivity index (χ4v) is 8.48. The van der Waals surface area contributed by atoms with Gasteiger partial charge in [0.25, 0.3) is 0 Å². The number of Topliss-reactive ketones (excluding diaryl/α,β-unsaturated/α-hetero) is 1. The van der Waals surface area contributed by atoms with E-state index in [1.165, 1.54) is 32.4 Å². The van der Waals surface area contributed by atoms with E-state index in [1.54, 1.807) is 37.8 Å². The van der Waals surface area contributed by atoms with Gasteiger partial charge >= 0.3 is 0 Å². The average molecular weight is 792 g/mol. The number of likely N-dealkylation sites (N-methyl/N-ethyl adjacent to an activating group) is 2. The third-order valence-electron chi connectivity index (χ3n) is 11.7. The molecule has 0 saturated carbocycles. The van der Waals surface area contributed by atoms with Gasteiger partial charge in [-0.15, -0.1) is 0 Å². The smallest absolute Gasteiger partial charge is 0.245 e. The number of ketones is 1. The molecule has 14 heteroatoms. The van der Waals surface area contributed by atoms with Gasteiger partial charge in [-0.1, -0.05) is 54.9 Å².